The molecular weight excluding hydrogens is 230 g/mol. The lowest BCUT2D eigenvalue weighted by Gasteiger charge is -2.22. The first-order chi connectivity index (χ1) is 7.90. The first-order valence-corrected chi connectivity index (χ1v) is 4.98. The Morgan fingerprint density at radius 3 is 2.47 bits per heavy atom. The number of nitrogens with two attached hydrogens (primary N) is 1. The summed E-state index contributed by atoms with van der Waals surface area (Å²) in [6, 6.07) is -0.763. The van der Waals surface area contributed by atoms with Gasteiger partial charge in [0.25, 0.3) is 0 Å². The normalized spacial score (nSPS) is 18.6. The minimum Gasteiger partial charge on any atom is -0.480 e. The molecule has 0 aromatic rings. The van der Waals surface area contributed by atoms with Crippen molar-refractivity contribution in [1.82, 2.24) is 10.2 Å². The molecule has 0 aromatic heterocycles. The molecule has 0 spiro atoms. The molecule has 1 atom stereocenters. The number of amides is 3. The predicted molar refractivity (Wildman–Crippen MR) is 54.6 cm³/mol. The maximum atomic E-state index is 11.8. The summed E-state index contributed by atoms with van der Waals surface area (Å²) in [4.78, 5) is 44.8. The Morgan fingerprint density at radius 2 is 2.06 bits per heavy atom. The quantitative estimate of drug-likeness (QED) is 0.498. The second kappa shape index (κ2) is 5.28. The Kier molecular flexibility index (Phi) is 4.02. The molecule has 1 rings (SSSR count). The van der Waals surface area contributed by atoms with Gasteiger partial charge in [-0.2, -0.15) is 0 Å². The van der Waals surface area contributed by atoms with E-state index in [0.29, 0.717) is 6.42 Å². The van der Waals surface area contributed by atoms with E-state index in [0.717, 1.165) is 4.90 Å². The van der Waals surface area contributed by atoms with E-state index < -0.39 is 36.9 Å². The number of hydrogen-bond acceptors (Lipinski definition) is 4. The molecular formula is C9H13N3O5. The Labute approximate surface area is 96.7 Å². The van der Waals surface area contributed by atoms with E-state index in [1.54, 1.807) is 0 Å². The van der Waals surface area contributed by atoms with Gasteiger partial charge in [-0.15, -0.1) is 0 Å². The highest BCUT2D eigenvalue weighted by Crippen LogP contribution is 2.09. The van der Waals surface area contributed by atoms with Crippen LogP contribution in [0.25, 0.3) is 0 Å². The maximum absolute atomic E-state index is 11.8. The zero-order valence-corrected chi connectivity index (χ0v) is 9.01. The first-order valence-electron chi connectivity index (χ1n) is 4.98. The Morgan fingerprint density at radius 1 is 1.41 bits per heavy atom. The molecule has 0 aliphatic carbocycles. The third kappa shape index (κ3) is 3.74. The average Bonchev–Trinajstić information content (AvgIpc) is 2.61. The van der Waals surface area contributed by atoms with Gasteiger partial charge in [0.1, 0.15) is 19.1 Å². The molecule has 4 N–H and O–H groups in total. The molecule has 8 heteroatoms. The number of aliphatic carboxylic acids is 1. The second-order valence-corrected chi connectivity index (χ2v) is 3.71. The molecule has 0 unspecified atom stereocenters. The molecule has 1 saturated heterocycles. The third-order valence-corrected chi connectivity index (χ3v) is 2.28. The standard InChI is InChI=1S/C9H13N3O5/c10-6(13)3-12(4-8(15)16)9(17)5-1-2-7(14)11-5/h5H,1-4H2,(H2,10,13)(H,11,14)(H,15,16)/t5-/m1/s1. The average molecular weight is 243 g/mol. The SMILES string of the molecule is NC(=O)CN(CC(=O)O)C(=O)[C@H]1CCC(=O)N1. The van der Waals surface area contributed by atoms with Crippen LogP contribution in [-0.2, 0) is 19.2 Å². The highest BCUT2D eigenvalue weighted by molar-refractivity contribution is 5.94. The highest BCUT2D eigenvalue weighted by atomic mass is 16.4. The van der Waals surface area contributed by atoms with Crippen LogP contribution in [-0.4, -0.2) is 52.8 Å². The summed E-state index contributed by atoms with van der Waals surface area (Å²) < 4.78 is 0. The molecule has 1 fully saturated rings. The Balaban J connectivity index is 2.67. The highest BCUT2D eigenvalue weighted by Gasteiger charge is 2.32. The van der Waals surface area contributed by atoms with Crippen molar-refractivity contribution < 1.29 is 24.3 Å². The van der Waals surface area contributed by atoms with Crippen LogP contribution in [0, 0.1) is 0 Å². The van der Waals surface area contributed by atoms with E-state index in [2.05, 4.69) is 5.32 Å². The van der Waals surface area contributed by atoms with Crippen molar-refractivity contribution in [3.8, 4) is 0 Å². The van der Waals surface area contributed by atoms with Gasteiger partial charge in [-0.3, -0.25) is 19.2 Å². The number of carbonyl (C=O) groups is 4. The summed E-state index contributed by atoms with van der Waals surface area (Å²) in [5.74, 6) is -2.91. The Hall–Kier alpha value is -2.12. The fourth-order valence-electron chi connectivity index (χ4n) is 1.58. The van der Waals surface area contributed by atoms with Gasteiger partial charge in [-0.05, 0) is 6.42 Å². The van der Waals surface area contributed by atoms with Gasteiger partial charge < -0.3 is 21.1 Å². The van der Waals surface area contributed by atoms with Crippen molar-refractivity contribution in [2.75, 3.05) is 13.1 Å². The van der Waals surface area contributed by atoms with Crippen LogP contribution >= 0.6 is 0 Å². The number of carboxylic acid groups (broad SMARTS) is 1. The van der Waals surface area contributed by atoms with Crippen molar-refractivity contribution in [1.29, 1.82) is 0 Å². The topological polar surface area (TPSA) is 130 Å². The van der Waals surface area contributed by atoms with Gasteiger partial charge in [0.2, 0.25) is 17.7 Å². The van der Waals surface area contributed by atoms with Crippen LogP contribution in [0.1, 0.15) is 12.8 Å². The van der Waals surface area contributed by atoms with E-state index >= 15 is 0 Å². The zero-order chi connectivity index (χ0) is 13.0. The molecule has 17 heavy (non-hydrogen) atoms. The minimum atomic E-state index is -1.25. The molecule has 8 nitrogen and oxygen atoms in total. The van der Waals surface area contributed by atoms with Crippen molar-refractivity contribution in [3.05, 3.63) is 0 Å². The number of carboxylic acids is 1. The van der Waals surface area contributed by atoms with E-state index in [-0.39, 0.29) is 12.3 Å². The molecule has 0 bridgehead atoms. The third-order valence-electron chi connectivity index (χ3n) is 2.28. The summed E-state index contributed by atoms with van der Waals surface area (Å²) in [7, 11) is 0. The van der Waals surface area contributed by atoms with Crippen molar-refractivity contribution in [2.45, 2.75) is 18.9 Å². The lowest BCUT2D eigenvalue weighted by molar-refractivity contribution is -0.146. The van der Waals surface area contributed by atoms with E-state index in [4.69, 9.17) is 10.8 Å². The van der Waals surface area contributed by atoms with Gasteiger partial charge in [-0.1, -0.05) is 0 Å². The molecule has 94 valence electrons. The Bertz CT molecular complexity index is 352. The number of hydrogen-bond donors (Lipinski definition) is 3. The van der Waals surface area contributed by atoms with Crippen LogP contribution < -0.4 is 11.1 Å². The monoisotopic (exact) mass is 243 g/mol. The summed E-state index contributed by atoms with van der Waals surface area (Å²) in [5.41, 5.74) is 4.92. The molecule has 1 aliphatic rings. The van der Waals surface area contributed by atoms with Crippen molar-refractivity contribution in [3.63, 3.8) is 0 Å². The molecule has 0 aromatic carbocycles. The predicted octanol–water partition coefficient (Wildman–Crippen LogP) is -2.34. The largest absolute Gasteiger partial charge is 0.480 e. The van der Waals surface area contributed by atoms with Gasteiger partial charge in [0.05, 0.1) is 0 Å². The van der Waals surface area contributed by atoms with Crippen LogP contribution in [0.2, 0.25) is 0 Å². The van der Waals surface area contributed by atoms with E-state index in [1.165, 1.54) is 0 Å². The van der Waals surface area contributed by atoms with E-state index in [1.807, 2.05) is 0 Å². The lowest BCUT2D eigenvalue weighted by atomic mass is 10.2. The van der Waals surface area contributed by atoms with Gasteiger partial charge in [0.15, 0.2) is 0 Å². The molecule has 3 amide bonds. The number of nitrogens with one attached hydrogen (secondary N) is 1. The zero-order valence-electron chi connectivity index (χ0n) is 9.01. The number of rotatable bonds is 5. The summed E-state index contributed by atoms with van der Waals surface area (Å²) >= 11 is 0. The smallest absolute Gasteiger partial charge is 0.323 e. The minimum absolute atomic E-state index is 0.216. The fraction of sp³-hybridized carbons (Fsp3) is 0.556. The van der Waals surface area contributed by atoms with Gasteiger partial charge in [0, 0.05) is 6.42 Å². The first kappa shape index (κ1) is 12.9. The number of primary amides is 1. The number of carbonyl (C=O) groups excluding carboxylic acids is 3. The lowest BCUT2D eigenvalue weighted by Crippen LogP contribution is -2.49. The molecule has 1 aliphatic heterocycles. The van der Waals surface area contributed by atoms with Crippen LogP contribution in [0.3, 0.4) is 0 Å². The van der Waals surface area contributed by atoms with Gasteiger partial charge in [-0.25, -0.2) is 0 Å². The van der Waals surface area contributed by atoms with E-state index in [9.17, 15) is 19.2 Å². The van der Waals surface area contributed by atoms with Crippen LogP contribution in [0.5, 0.6) is 0 Å². The molecule has 0 radical (unpaired) electrons. The van der Waals surface area contributed by atoms with Gasteiger partial charge >= 0.3 is 5.97 Å². The molecule has 0 saturated carbocycles. The van der Waals surface area contributed by atoms with Crippen LogP contribution in [0.4, 0.5) is 0 Å². The van der Waals surface area contributed by atoms with Crippen molar-refractivity contribution in [2.24, 2.45) is 5.73 Å². The summed E-state index contributed by atoms with van der Waals surface area (Å²) in [6.45, 7) is -1.09. The van der Waals surface area contributed by atoms with Crippen LogP contribution in [0.15, 0.2) is 0 Å². The number of nitrogens with zero attached hydrogens (tertiary/aromatic N) is 1. The van der Waals surface area contributed by atoms with Crippen molar-refractivity contribution >= 4 is 23.7 Å². The molecule has 1 heterocycles. The second-order valence-electron chi connectivity index (χ2n) is 3.71. The maximum Gasteiger partial charge on any atom is 0.323 e. The summed E-state index contributed by atoms with van der Waals surface area (Å²) in [6.07, 6.45) is 0.514. The fourth-order valence-corrected chi connectivity index (χ4v) is 1.58. The summed E-state index contributed by atoms with van der Waals surface area (Å²) in [5, 5.41) is 11.0.